The van der Waals surface area contributed by atoms with Gasteiger partial charge in [0.15, 0.2) is 11.6 Å². The molecule has 0 fully saturated rings. The summed E-state index contributed by atoms with van der Waals surface area (Å²) in [5.41, 5.74) is -1.32. The number of hydrogen-bond acceptors (Lipinski definition) is 1. The maximum atomic E-state index is 13.2. The first-order valence-electron chi connectivity index (χ1n) is 4.78. The molecule has 1 N–H and O–H groups in total. The lowest BCUT2D eigenvalue weighted by Crippen LogP contribution is -2.47. The van der Waals surface area contributed by atoms with E-state index in [1.54, 1.807) is 5.32 Å². The summed E-state index contributed by atoms with van der Waals surface area (Å²) in [4.78, 5) is 0. The first kappa shape index (κ1) is 15.7. The summed E-state index contributed by atoms with van der Waals surface area (Å²) in [6.07, 6.45) is -5.97. The number of hydrogen-bond donors (Lipinski definition) is 1. The molecule has 0 aliphatic heterocycles. The summed E-state index contributed by atoms with van der Waals surface area (Å²) in [6, 6.07) is -3.00. The Labute approximate surface area is 102 Å². The van der Waals surface area contributed by atoms with E-state index in [9.17, 15) is 35.1 Å². The van der Waals surface area contributed by atoms with E-state index < -0.39 is 41.2 Å². The number of nitrogens with one attached hydrogen (secondary N) is 1. The molecule has 0 saturated heterocycles. The SMILES string of the molecule is CNC(c1cc(F)c(F)cc1F)C(F)(F)C(F)(F)F. The van der Waals surface area contributed by atoms with Crippen molar-refractivity contribution in [2.75, 3.05) is 7.05 Å². The number of benzene rings is 1. The molecule has 0 radical (unpaired) electrons. The average molecular weight is 293 g/mol. The molecule has 0 aromatic heterocycles. The van der Waals surface area contributed by atoms with Crippen molar-refractivity contribution in [2.24, 2.45) is 0 Å². The third kappa shape index (κ3) is 2.80. The van der Waals surface area contributed by atoms with Crippen LogP contribution in [0, 0.1) is 17.5 Å². The zero-order valence-corrected chi connectivity index (χ0v) is 9.26. The first-order valence-corrected chi connectivity index (χ1v) is 4.78. The van der Waals surface area contributed by atoms with Crippen LogP contribution in [0.2, 0.25) is 0 Å². The second-order valence-electron chi connectivity index (χ2n) is 3.63. The molecule has 108 valence electrons. The van der Waals surface area contributed by atoms with E-state index in [2.05, 4.69) is 0 Å². The van der Waals surface area contributed by atoms with Gasteiger partial charge in [0, 0.05) is 11.6 Å². The van der Waals surface area contributed by atoms with Crippen molar-refractivity contribution in [3.05, 3.63) is 35.1 Å². The highest BCUT2D eigenvalue weighted by Gasteiger charge is 2.62. The van der Waals surface area contributed by atoms with Crippen LogP contribution in [0.25, 0.3) is 0 Å². The lowest BCUT2D eigenvalue weighted by Gasteiger charge is -2.28. The smallest absolute Gasteiger partial charge is 0.308 e. The lowest BCUT2D eigenvalue weighted by molar-refractivity contribution is -0.294. The Morgan fingerprint density at radius 1 is 0.895 bits per heavy atom. The maximum absolute atomic E-state index is 13.2. The van der Waals surface area contributed by atoms with Crippen molar-refractivity contribution < 1.29 is 35.1 Å². The normalized spacial score (nSPS) is 14.6. The Balaban J connectivity index is 3.37. The summed E-state index contributed by atoms with van der Waals surface area (Å²) >= 11 is 0. The summed E-state index contributed by atoms with van der Waals surface area (Å²) in [5.74, 6) is -10.5. The van der Waals surface area contributed by atoms with Crippen LogP contribution in [-0.2, 0) is 0 Å². The highest BCUT2D eigenvalue weighted by Crippen LogP contribution is 2.45. The molecule has 0 spiro atoms. The minimum atomic E-state index is -5.97. The largest absolute Gasteiger partial charge is 0.455 e. The minimum Gasteiger partial charge on any atom is -0.308 e. The van der Waals surface area contributed by atoms with E-state index in [4.69, 9.17) is 0 Å². The molecule has 9 heteroatoms. The van der Waals surface area contributed by atoms with E-state index in [0.717, 1.165) is 0 Å². The third-order valence-corrected chi connectivity index (χ3v) is 2.38. The zero-order valence-electron chi connectivity index (χ0n) is 9.26. The van der Waals surface area contributed by atoms with Crippen molar-refractivity contribution in [3.8, 4) is 0 Å². The van der Waals surface area contributed by atoms with Crippen molar-refractivity contribution in [1.82, 2.24) is 5.32 Å². The highest BCUT2D eigenvalue weighted by molar-refractivity contribution is 5.26. The van der Waals surface area contributed by atoms with Gasteiger partial charge >= 0.3 is 12.1 Å². The van der Waals surface area contributed by atoms with E-state index >= 15 is 0 Å². The monoisotopic (exact) mass is 293 g/mol. The second-order valence-corrected chi connectivity index (χ2v) is 3.63. The van der Waals surface area contributed by atoms with Gasteiger partial charge in [0.2, 0.25) is 0 Å². The lowest BCUT2D eigenvalue weighted by atomic mass is 9.99. The second kappa shape index (κ2) is 4.95. The van der Waals surface area contributed by atoms with Crippen molar-refractivity contribution in [3.63, 3.8) is 0 Å². The quantitative estimate of drug-likeness (QED) is 0.663. The molecule has 1 nitrogen and oxygen atoms in total. The van der Waals surface area contributed by atoms with Gasteiger partial charge < -0.3 is 5.32 Å². The van der Waals surface area contributed by atoms with Crippen molar-refractivity contribution in [1.29, 1.82) is 0 Å². The molecular formula is C10H7F8N. The molecule has 1 atom stereocenters. The molecule has 0 heterocycles. The Kier molecular flexibility index (Phi) is 4.08. The van der Waals surface area contributed by atoms with Crippen molar-refractivity contribution in [2.45, 2.75) is 18.1 Å². The van der Waals surface area contributed by atoms with E-state index in [-0.39, 0.29) is 12.1 Å². The van der Waals surface area contributed by atoms with Crippen LogP contribution in [-0.4, -0.2) is 19.1 Å². The number of rotatable bonds is 3. The Bertz CT molecular complexity index is 467. The summed E-state index contributed by atoms with van der Waals surface area (Å²) < 4.78 is 102. The third-order valence-electron chi connectivity index (χ3n) is 2.38. The number of alkyl halides is 5. The van der Waals surface area contributed by atoms with Gasteiger partial charge in [-0.2, -0.15) is 22.0 Å². The molecule has 0 aliphatic rings. The molecule has 0 aliphatic carbocycles. The zero-order chi connectivity index (χ0) is 15.0. The van der Waals surface area contributed by atoms with Gasteiger partial charge in [-0.1, -0.05) is 0 Å². The predicted octanol–water partition coefficient (Wildman–Crippen LogP) is 3.56. The number of halogens is 8. The topological polar surface area (TPSA) is 12.0 Å². The molecule has 19 heavy (non-hydrogen) atoms. The van der Waals surface area contributed by atoms with Crippen LogP contribution in [0.1, 0.15) is 11.6 Å². The molecule has 0 saturated carbocycles. The molecule has 0 bridgehead atoms. The fourth-order valence-corrected chi connectivity index (χ4v) is 1.45. The van der Waals surface area contributed by atoms with Gasteiger partial charge in [0.25, 0.3) is 0 Å². The Morgan fingerprint density at radius 3 is 1.79 bits per heavy atom. The summed E-state index contributed by atoms with van der Waals surface area (Å²) in [7, 11) is 0.713. The Hall–Kier alpha value is -1.38. The standard InChI is InChI=1S/C10H7F8N/c1-19-8(9(14,15)10(16,17)18)4-2-6(12)7(13)3-5(4)11/h2-3,8,19H,1H3. The van der Waals surface area contributed by atoms with Gasteiger partial charge in [-0.15, -0.1) is 0 Å². The van der Waals surface area contributed by atoms with Crippen LogP contribution in [0.15, 0.2) is 12.1 Å². The molecule has 1 unspecified atom stereocenters. The van der Waals surface area contributed by atoms with Crippen LogP contribution in [0.5, 0.6) is 0 Å². The highest BCUT2D eigenvalue weighted by atomic mass is 19.4. The van der Waals surface area contributed by atoms with Gasteiger partial charge in [0.1, 0.15) is 11.9 Å². The van der Waals surface area contributed by atoms with E-state index in [1.165, 1.54) is 0 Å². The van der Waals surface area contributed by atoms with Gasteiger partial charge in [-0.25, -0.2) is 13.2 Å². The van der Waals surface area contributed by atoms with Crippen LogP contribution < -0.4 is 5.32 Å². The Morgan fingerprint density at radius 2 is 1.37 bits per heavy atom. The summed E-state index contributed by atoms with van der Waals surface area (Å²) in [6.45, 7) is 0. The van der Waals surface area contributed by atoms with E-state index in [1.807, 2.05) is 0 Å². The van der Waals surface area contributed by atoms with Crippen LogP contribution >= 0.6 is 0 Å². The maximum Gasteiger partial charge on any atom is 0.455 e. The summed E-state index contributed by atoms with van der Waals surface area (Å²) in [5, 5.41) is 1.55. The molecule has 1 rings (SSSR count). The fraction of sp³-hybridized carbons (Fsp3) is 0.400. The van der Waals surface area contributed by atoms with Crippen LogP contribution in [0.3, 0.4) is 0 Å². The van der Waals surface area contributed by atoms with Gasteiger partial charge in [-0.3, -0.25) is 0 Å². The van der Waals surface area contributed by atoms with Crippen LogP contribution in [0.4, 0.5) is 35.1 Å². The van der Waals surface area contributed by atoms with E-state index in [0.29, 0.717) is 7.05 Å². The fourth-order valence-electron chi connectivity index (χ4n) is 1.45. The van der Waals surface area contributed by atoms with Crippen molar-refractivity contribution >= 4 is 0 Å². The molecule has 0 amide bonds. The first-order chi connectivity index (χ1) is 8.52. The van der Waals surface area contributed by atoms with Gasteiger partial charge in [-0.05, 0) is 13.1 Å². The molecule has 1 aromatic rings. The minimum absolute atomic E-state index is 0.0362. The molecular weight excluding hydrogens is 286 g/mol. The average Bonchev–Trinajstić information content (AvgIpc) is 2.24. The van der Waals surface area contributed by atoms with Gasteiger partial charge in [0.05, 0.1) is 0 Å². The predicted molar refractivity (Wildman–Crippen MR) is 49.1 cm³/mol. The molecule has 1 aromatic carbocycles.